The smallest absolute Gasteiger partial charge is 0.389 e. The summed E-state index contributed by atoms with van der Waals surface area (Å²) in [4.78, 5) is 5.51. The SMILES string of the molecule is CC(CNc1nc(C(F)(F)F)ccc1C(N)=S)N(C)C. The predicted octanol–water partition coefficient (Wildman–Crippen LogP) is 2.10. The highest BCUT2D eigenvalue weighted by Crippen LogP contribution is 2.29. The van der Waals surface area contributed by atoms with Gasteiger partial charge in [-0.05, 0) is 33.2 Å². The quantitative estimate of drug-likeness (QED) is 0.816. The zero-order valence-corrected chi connectivity index (χ0v) is 12.3. The molecule has 0 aromatic carbocycles. The zero-order valence-electron chi connectivity index (χ0n) is 11.5. The Kier molecular flexibility index (Phi) is 5.29. The van der Waals surface area contributed by atoms with Crippen LogP contribution in [0.3, 0.4) is 0 Å². The molecule has 112 valence electrons. The molecule has 0 aliphatic heterocycles. The number of nitrogens with one attached hydrogen (secondary N) is 1. The van der Waals surface area contributed by atoms with Crippen LogP contribution in [0.5, 0.6) is 0 Å². The number of anilines is 1. The fourth-order valence-corrected chi connectivity index (χ4v) is 1.54. The molecule has 0 bridgehead atoms. The van der Waals surface area contributed by atoms with Gasteiger partial charge in [0.05, 0.1) is 5.56 Å². The van der Waals surface area contributed by atoms with Crippen molar-refractivity contribution in [3.63, 3.8) is 0 Å². The van der Waals surface area contributed by atoms with Crippen molar-refractivity contribution in [2.75, 3.05) is 26.0 Å². The van der Waals surface area contributed by atoms with Crippen molar-refractivity contribution in [1.82, 2.24) is 9.88 Å². The molecule has 0 saturated carbocycles. The first-order chi connectivity index (χ1) is 9.12. The highest BCUT2D eigenvalue weighted by Gasteiger charge is 2.33. The van der Waals surface area contributed by atoms with Crippen molar-refractivity contribution in [2.45, 2.75) is 19.1 Å². The van der Waals surface area contributed by atoms with Gasteiger partial charge in [-0.3, -0.25) is 0 Å². The van der Waals surface area contributed by atoms with Crippen LogP contribution in [0.15, 0.2) is 12.1 Å². The van der Waals surface area contributed by atoms with E-state index < -0.39 is 11.9 Å². The van der Waals surface area contributed by atoms with Gasteiger partial charge in [0, 0.05) is 12.6 Å². The lowest BCUT2D eigenvalue weighted by Crippen LogP contribution is -2.32. The summed E-state index contributed by atoms with van der Waals surface area (Å²) in [5.74, 6) is 0.0565. The Balaban J connectivity index is 3.04. The van der Waals surface area contributed by atoms with Gasteiger partial charge in [-0.25, -0.2) is 4.98 Å². The maximum Gasteiger partial charge on any atom is 0.433 e. The van der Waals surface area contributed by atoms with Gasteiger partial charge in [-0.15, -0.1) is 0 Å². The standard InChI is InChI=1S/C12H17F3N4S/c1-7(19(2)3)6-17-11-8(10(16)20)4-5-9(18-11)12(13,14)15/h4-5,7H,6H2,1-3H3,(H2,16,20)(H,17,18). The highest BCUT2D eigenvalue weighted by molar-refractivity contribution is 7.80. The lowest BCUT2D eigenvalue weighted by molar-refractivity contribution is -0.141. The largest absolute Gasteiger partial charge is 0.433 e. The summed E-state index contributed by atoms with van der Waals surface area (Å²) in [5.41, 5.74) is 4.83. The fourth-order valence-electron chi connectivity index (χ4n) is 1.38. The van der Waals surface area contributed by atoms with Crippen molar-refractivity contribution in [3.05, 3.63) is 23.4 Å². The van der Waals surface area contributed by atoms with E-state index in [-0.39, 0.29) is 16.8 Å². The molecule has 0 amide bonds. The van der Waals surface area contributed by atoms with Gasteiger partial charge in [0.15, 0.2) is 0 Å². The molecule has 0 radical (unpaired) electrons. The second-order valence-electron chi connectivity index (χ2n) is 4.65. The van der Waals surface area contributed by atoms with E-state index in [1.807, 2.05) is 25.9 Å². The third-order valence-electron chi connectivity index (χ3n) is 2.90. The Morgan fingerprint density at radius 3 is 2.50 bits per heavy atom. The van der Waals surface area contributed by atoms with Crippen LogP contribution in [0.1, 0.15) is 18.2 Å². The van der Waals surface area contributed by atoms with Crippen LogP contribution >= 0.6 is 12.2 Å². The minimum atomic E-state index is -4.50. The maximum absolute atomic E-state index is 12.7. The number of pyridine rings is 1. The first-order valence-corrected chi connectivity index (χ1v) is 6.32. The average Bonchev–Trinajstić information content (AvgIpc) is 2.34. The van der Waals surface area contributed by atoms with E-state index >= 15 is 0 Å². The molecule has 8 heteroatoms. The van der Waals surface area contributed by atoms with Crippen molar-refractivity contribution >= 4 is 23.0 Å². The summed E-state index contributed by atoms with van der Waals surface area (Å²) >= 11 is 4.82. The summed E-state index contributed by atoms with van der Waals surface area (Å²) in [6.45, 7) is 2.36. The molecular formula is C12H17F3N4S. The van der Waals surface area contributed by atoms with E-state index in [4.69, 9.17) is 18.0 Å². The molecule has 4 nitrogen and oxygen atoms in total. The maximum atomic E-state index is 12.7. The molecule has 1 aromatic rings. The highest BCUT2D eigenvalue weighted by atomic mass is 32.1. The molecule has 1 heterocycles. The van der Waals surface area contributed by atoms with Gasteiger partial charge in [-0.1, -0.05) is 12.2 Å². The molecule has 3 N–H and O–H groups in total. The second kappa shape index (κ2) is 6.36. The normalized spacial score (nSPS) is 13.3. The van der Waals surface area contributed by atoms with Gasteiger partial charge in [0.25, 0.3) is 0 Å². The van der Waals surface area contributed by atoms with Crippen molar-refractivity contribution in [1.29, 1.82) is 0 Å². The number of hydrogen-bond acceptors (Lipinski definition) is 4. The van der Waals surface area contributed by atoms with E-state index in [0.717, 1.165) is 6.07 Å². The molecule has 0 spiro atoms. The van der Waals surface area contributed by atoms with Gasteiger partial charge in [-0.2, -0.15) is 13.2 Å². The van der Waals surface area contributed by atoms with Gasteiger partial charge in [0.2, 0.25) is 0 Å². The Morgan fingerprint density at radius 1 is 1.45 bits per heavy atom. The predicted molar refractivity (Wildman–Crippen MR) is 76.8 cm³/mol. The monoisotopic (exact) mass is 306 g/mol. The Bertz CT molecular complexity index is 488. The topological polar surface area (TPSA) is 54.2 Å². The molecule has 0 aliphatic carbocycles. The number of rotatable bonds is 5. The van der Waals surface area contributed by atoms with Crippen LogP contribution in [0, 0.1) is 0 Å². The van der Waals surface area contributed by atoms with E-state index in [2.05, 4.69) is 10.3 Å². The third-order valence-corrected chi connectivity index (χ3v) is 3.12. The van der Waals surface area contributed by atoms with Crippen LogP contribution in [-0.2, 0) is 6.18 Å². The number of nitrogens with two attached hydrogens (primary N) is 1. The van der Waals surface area contributed by atoms with Crippen LogP contribution in [0.25, 0.3) is 0 Å². The number of thiocarbonyl (C=S) groups is 1. The molecule has 0 fully saturated rings. The molecule has 1 atom stereocenters. The molecular weight excluding hydrogens is 289 g/mol. The Labute approximate surface area is 121 Å². The summed E-state index contributed by atoms with van der Waals surface area (Å²) in [6, 6.07) is 2.22. The van der Waals surface area contributed by atoms with Crippen molar-refractivity contribution in [2.24, 2.45) is 5.73 Å². The number of alkyl halides is 3. The zero-order chi connectivity index (χ0) is 15.5. The minimum Gasteiger partial charge on any atom is -0.389 e. The van der Waals surface area contributed by atoms with Crippen LogP contribution in [0.4, 0.5) is 19.0 Å². The summed E-state index contributed by atoms with van der Waals surface area (Å²) in [5, 5.41) is 2.87. The number of hydrogen-bond donors (Lipinski definition) is 2. The van der Waals surface area contributed by atoms with Crippen molar-refractivity contribution < 1.29 is 13.2 Å². The molecule has 0 saturated heterocycles. The molecule has 1 unspecified atom stereocenters. The summed E-state index contributed by atoms with van der Waals surface area (Å²) < 4.78 is 38.0. The van der Waals surface area contributed by atoms with Crippen molar-refractivity contribution in [3.8, 4) is 0 Å². The van der Waals surface area contributed by atoms with Crippen LogP contribution < -0.4 is 11.1 Å². The number of aromatic nitrogens is 1. The molecule has 1 aromatic heterocycles. The molecule has 0 aliphatic rings. The first-order valence-electron chi connectivity index (χ1n) is 5.91. The van der Waals surface area contributed by atoms with E-state index in [0.29, 0.717) is 12.1 Å². The molecule has 1 rings (SSSR count). The van der Waals surface area contributed by atoms with E-state index in [1.165, 1.54) is 6.07 Å². The van der Waals surface area contributed by atoms with Gasteiger partial charge >= 0.3 is 6.18 Å². The van der Waals surface area contributed by atoms with Gasteiger partial charge in [0.1, 0.15) is 16.5 Å². The lowest BCUT2D eigenvalue weighted by atomic mass is 10.2. The second-order valence-corrected chi connectivity index (χ2v) is 5.09. The third kappa shape index (κ3) is 4.31. The van der Waals surface area contributed by atoms with Crippen LogP contribution in [-0.4, -0.2) is 41.6 Å². The summed E-state index contributed by atoms with van der Waals surface area (Å²) in [6.07, 6.45) is -4.50. The summed E-state index contributed by atoms with van der Waals surface area (Å²) in [7, 11) is 3.75. The first kappa shape index (κ1) is 16.6. The lowest BCUT2D eigenvalue weighted by Gasteiger charge is -2.21. The molecule has 20 heavy (non-hydrogen) atoms. The van der Waals surface area contributed by atoms with E-state index in [1.54, 1.807) is 0 Å². The number of likely N-dealkylation sites (N-methyl/N-ethyl adjacent to an activating group) is 1. The Hall–Kier alpha value is -1.41. The van der Waals surface area contributed by atoms with Gasteiger partial charge < -0.3 is 16.0 Å². The minimum absolute atomic E-state index is 0.00577. The Morgan fingerprint density at radius 2 is 2.05 bits per heavy atom. The fraction of sp³-hybridized carbons (Fsp3) is 0.500. The van der Waals surface area contributed by atoms with Crippen LogP contribution in [0.2, 0.25) is 0 Å². The number of halogens is 3. The number of nitrogens with zero attached hydrogens (tertiary/aromatic N) is 2. The average molecular weight is 306 g/mol. The van der Waals surface area contributed by atoms with E-state index in [9.17, 15) is 13.2 Å².